The maximum absolute atomic E-state index is 11.6. The van der Waals surface area contributed by atoms with Crippen LogP contribution in [0.5, 0.6) is 0 Å². The molecule has 6 heteroatoms. The summed E-state index contributed by atoms with van der Waals surface area (Å²) >= 11 is 0. The van der Waals surface area contributed by atoms with Gasteiger partial charge in [0, 0.05) is 12.5 Å². The molecule has 0 unspecified atom stereocenters. The molecule has 0 spiro atoms. The normalized spacial score (nSPS) is 10.1. The molecule has 2 aromatic rings. The number of benzene rings is 2. The Bertz CT molecular complexity index is 608. The molecule has 126 valence electrons. The molecule has 0 heterocycles. The standard InChI is InChI=1S/C18H21N3O3/c1-24-18(23)21-20-17(22)19-13-12-16(14-8-4-2-5-9-14)15-10-6-3-7-11-15/h2-11,16H,12-13H2,1H3,(H,21,23)(H2,19,20,22). The first-order valence-corrected chi connectivity index (χ1v) is 7.68. The number of nitrogens with one attached hydrogen (secondary N) is 3. The molecule has 0 aliphatic carbocycles. The van der Waals surface area contributed by atoms with E-state index in [0.29, 0.717) is 6.54 Å². The maximum atomic E-state index is 11.6. The van der Waals surface area contributed by atoms with Crippen molar-refractivity contribution < 1.29 is 14.3 Å². The SMILES string of the molecule is COC(=O)NNC(=O)NCCC(c1ccccc1)c1ccccc1. The van der Waals surface area contributed by atoms with Crippen LogP contribution >= 0.6 is 0 Å². The molecule has 0 aliphatic rings. The molecule has 0 saturated heterocycles. The van der Waals surface area contributed by atoms with Crippen LogP contribution in [-0.2, 0) is 4.74 Å². The zero-order chi connectivity index (χ0) is 17.2. The van der Waals surface area contributed by atoms with Crippen molar-refractivity contribution in [2.45, 2.75) is 12.3 Å². The molecule has 0 radical (unpaired) electrons. The fraction of sp³-hybridized carbons (Fsp3) is 0.222. The predicted octanol–water partition coefficient (Wildman–Crippen LogP) is 2.78. The largest absolute Gasteiger partial charge is 0.452 e. The molecule has 3 N–H and O–H groups in total. The van der Waals surface area contributed by atoms with Gasteiger partial charge < -0.3 is 10.1 Å². The second-order valence-corrected chi connectivity index (χ2v) is 5.16. The third kappa shape index (κ3) is 5.31. The summed E-state index contributed by atoms with van der Waals surface area (Å²) in [5, 5.41) is 2.71. The number of carbonyl (C=O) groups is 2. The van der Waals surface area contributed by atoms with E-state index < -0.39 is 12.1 Å². The Morgan fingerprint density at radius 3 is 1.96 bits per heavy atom. The zero-order valence-corrected chi connectivity index (χ0v) is 13.5. The van der Waals surface area contributed by atoms with E-state index in [1.165, 1.54) is 18.2 Å². The third-order valence-electron chi connectivity index (χ3n) is 3.59. The number of amides is 3. The number of ether oxygens (including phenoxy) is 1. The average Bonchev–Trinajstić information content (AvgIpc) is 2.64. The molecule has 0 bridgehead atoms. The highest BCUT2D eigenvalue weighted by atomic mass is 16.5. The van der Waals surface area contributed by atoms with Gasteiger partial charge in [-0.25, -0.2) is 20.4 Å². The van der Waals surface area contributed by atoms with Gasteiger partial charge in [0.2, 0.25) is 0 Å². The van der Waals surface area contributed by atoms with E-state index in [1.54, 1.807) is 0 Å². The second-order valence-electron chi connectivity index (χ2n) is 5.16. The summed E-state index contributed by atoms with van der Waals surface area (Å²) in [6.07, 6.45) is 0.0104. The molecule has 0 saturated carbocycles. The molecule has 24 heavy (non-hydrogen) atoms. The lowest BCUT2D eigenvalue weighted by molar-refractivity contribution is 0.165. The fourth-order valence-corrected chi connectivity index (χ4v) is 2.43. The van der Waals surface area contributed by atoms with Gasteiger partial charge in [-0.2, -0.15) is 0 Å². The van der Waals surface area contributed by atoms with E-state index in [9.17, 15) is 9.59 Å². The van der Waals surface area contributed by atoms with Crippen LogP contribution in [0, 0.1) is 0 Å². The van der Waals surface area contributed by atoms with Gasteiger partial charge in [0.05, 0.1) is 7.11 Å². The molecule has 2 aromatic carbocycles. The molecule has 3 amide bonds. The Morgan fingerprint density at radius 2 is 1.46 bits per heavy atom. The summed E-state index contributed by atoms with van der Waals surface area (Å²) in [6.45, 7) is 0.461. The quantitative estimate of drug-likeness (QED) is 0.739. The van der Waals surface area contributed by atoms with Gasteiger partial charge in [0.15, 0.2) is 0 Å². The van der Waals surface area contributed by atoms with E-state index >= 15 is 0 Å². The highest BCUT2D eigenvalue weighted by Crippen LogP contribution is 2.27. The van der Waals surface area contributed by atoms with Crippen molar-refractivity contribution in [2.24, 2.45) is 0 Å². The summed E-state index contributed by atoms with van der Waals surface area (Å²) in [4.78, 5) is 22.5. The van der Waals surface area contributed by atoms with Crippen LogP contribution in [0.25, 0.3) is 0 Å². The minimum Gasteiger partial charge on any atom is -0.452 e. The number of urea groups is 1. The molecular weight excluding hydrogens is 306 g/mol. The van der Waals surface area contributed by atoms with Crippen molar-refractivity contribution in [2.75, 3.05) is 13.7 Å². The maximum Gasteiger partial charge on any atom is 0.425 e. The predicted molar refractivity (Wildman–Crippen MR) is 91.4 cm³/mol. The summed E-state index contributed by atoms with van der Waals surface area (Å²) in [7, 11) is 1.22. The molecule has 2 rings (SSSR count). The van der Waals surface area contributed by atoms with Crippen molar-refractivity contribution in [3.05, 3.63) is 71.8 Å². The van der Waals surface area contributed by atoms with Crippen molar-refractivity contribution in [1.29, 1.82) is 0 Å². The number of carbonyl (C=O) groups excluding carboxylic acids is 2. The van der Waals surface area contributed by atoms with Crippen LogP contribution in [0.15, 0.2) is 60.7 Å². The van der Waals surface area contributed by atoms with Crippen LogP contribution in [0.4, 0.5) is 9.59 Å². The monoisotopic (exact) mass is 327 g/mol. The Morgan fingerprint density at radius 1 is 0.917 bits per heavy atom. The number of hydrazine groups is 1. The van der Waals surface area contributed by atoms with Gasteiger partial charge in [0.1, 0.15) is 0 Å². The van der Waals surface area contributed by atoms with Crippen molar-refractivity contribution in [1.82, 2.24) is 16.2 Å². The van der Waals surface area contributed by atoms with Crippen molar-refractivity contribution in [3.8, 4) is 0 Å². The van der Waals surface area contributed by atoms with Gasteiger partial charge in [-0.1, -0.05) is 60.7 Å². The van der Waals surface area contributed by atoms with Gasteiger partial charge >= 0.3 is 12.1 Å². The van der Waals surface area contributed by atoms with Gasteiger partial charge in [-0.15, -0.1) is 0 Å². The Labute approximate surface area is 141 Å². The summed E-state index contributed by atoms with van der Waals surface area (Å²) in [5.41, 5.74) is 6.71. The lowest BCUT2D eigenvalue weighted by Gasteiger charge is -2.18. The van der Waals surface area contributed by atoms with Crippen LogP contribution in [0.1, 0.15) is 23.5 Å². The highest BCUT2D eigenvalue weighted by Gasteiger charge is 2.14. The molecule has 0 aromatic heterocycles. The lowest BCUT2D eigenvalue weighted by Crippen LogP contribution is -2.47. The van der Waals surface area contributed by atoms with E-state index in [2.05, 4.69) is 45.2 Å². The molecule has 0 fully saturated rings. The smallest absolute Gasteiger partial charge is 0.425 e. The van der Waals surface area contributed by atoms with Crippen LogP contribution in [-0.4, -0.2) is 25.8 Å². The van der Waals surface area contributed by atoms with Crippen LogP contribution in [0.2, 0.25) is 0 Å². The van der Waals surface area contributed by atoms with Gasteiger partial charge in [0.25, 0.3) is 0 Å². The zero-order valence-electron chi connectivity index (χ0n) is 13.5. The molecule has 0 aliphatic heterocycles. The van der Waals surface area contributed by atoms with Crippen molar-refractivity contribution >= 4 is 12.1 Å². The summed E-state index contributed by atoms with van der Waals surface area (Å²) in [5.74, 6) is 0.182. The minimum atomic E-state index is -0.725. The van der Waals surface area contributed by atoms with Crippen LogP contribution < -0.4 is 16.2 Å². The first-order chi connectivity index (χ1) is 11.7. The van der Waals surface area contributed by atoms with E-state index in [-0.39, 0.29) is 5.92 Å². The van der Waals surface area contributed by atoms with Gasteiger partial charge in [-0.3, -0.25) is 0 Å². The summed E-state index contributed by atoms with van der Waals surface area (Å²) in [6, 6.07) is 19.8. The van der Waals surface area contributed by atoms with Gasteiger partial charge in [-0.05, 0) is 17.5 Å². The third-order valence-corrected chi connectivity index (χ3v) is 3.59. The summed E-state index contributed by atoms with van der Waals surface area (Å²) < 4.78 is 4.37. The number of hydrogen-bond donors (Lipinski definition) is 3. The van der Waals surface area contributed by atoms with E-state index in [4.69, 9.17) is 0 Å². The molecule has 6 nitrogen and oxygen atoms in total. The average molecular weight is 327 g/mol. The Hall–Kier alpha value is -3.02. The fourth-order valence-electron chi connectivity index (χ4n) is 2.43. The first kappa shape index (κ1) is 17.3. The molecular formula is C18H21N3O3. The second kappa shape index (κ2) is 9.19. The lowest BCUT2D eigenvalue weighted by atomic mass is 9.88. The van der Waals surface area contributed by atoms with E-state index in [1.807, 2.05) is 36.4 Å². The minimum absolute atomic E-state index is 0.182. The number of hydrogen-bond acceptors (Lipinski definition) is 3. The number of methoxy groups -OCH3 is 1. The van der Waals surface area contributed by atoms with E-state index in [0.717, 1.165) is 6.42 Å². The molecule has 0 atom stereocenters. The number of rotatable bonds is 5. The Kier molecular flexibility index (Phi) is 6.64. The topological polar surface area (TPSA) is 79.5 Å². The van der Waals surface area contributed by atoms with Crippen molar-refractivity contribution in [3.63, 3.8) is 0 Å². The Balaban J connectivity index is 1.93. The van der Waals surface area contributed by atoms with Crippen LogP contribution in [0.3, 0.4) is 0 Å². The highest BCUT2D eigenvalue weighted by molar-refractivity contribution is 5.77. The first-order valence-electron chi connectivity index (χ1n) is 7.68.